The maximum absolute atomic E-state index is 13.3. The summed E-state index contributed by atoms with van der Waals surface area (Å²) in [7, 11) is -3.74. The summed E-state index contributed by atoms with van der Waals surface area (Å²) in [5.74, 6) is -0.0809. The number of amides is 1. The lowest BCUT2D eigenvalue weighted by Gasteiger charge is -2.21. The molecular weight excluding hydrogens is 456 g/mol. The third-order valence-corrected chi connectivity index (χ3v) is 6.88. The van der Waals surface area contributed by atoms with Crippen LogP contribution in [0.3, 0.4) is 0 Å². The molecule has 4 rings (SSSR count). The first-order chi connectivity index (χ1) is 15.7. The molecule has 1 amide bonds. The Morgan fingerprint density at radius 2 is 1.70 bits per heavy atom. The van der Waals surface area contributed by atoms with Crippen molar-refractivity contribution in [3.8, 4) is 0 Å². The number of halogens is 1. The van der Waals surface area contributed by atoms with Gasteiger partial charge in [-0.2, -0.15) is 0 Å². The van der Waals surface area contributed by atoms with Crippen molar-refractivity contribution in [2.24, 2.45) is 5.14 Å². The van der Waals surface area contributed by atoms with Crippen LogP contribution < -0.4 is 5.14 Å². The molecule has 3 aromatic carbocycles. The fourth-order valence-corrected chi connectivity index (χ4v) is 4.37. The highest BCUT2D eigenvalue weighted by Gasteiger charge is 2.29. The lowest BCUT2D eigenvalue weighted by Crippen LogP contribution is -2.27. The summed E-state index contributed by atoms with van der Waals surface area (Å²) in [4.78, 5) is 15.2. The lowest BCUT2D eigenvalue weighted by atomic mass is 10.1. The van der Waals surface area contributed by atoms with Gasteiger partial charge >= 0.3 is 0 Å². The molecule has 0 unspecified atom stereocenters. The number of aryl methyl sites for hydroxylation is 1. The quantitative estimate of drug-likeness (QED) is 0.516. The van der Waals surface area contributed by atoms with Crippen molar-refractivity contribution in [3.63, 3.8) is 0 Å². The van der Waals surface area contributed by atoms with Gasteiger partial charge in [0.25, 0.3) is 5.91 Å². The number of carbonyl (C=O) groups excluding carboxylic acids is 1. The third kappa shape index (κ3) is 5.25. The van der Waals surface area contributed by atoms with Crippen molar-refractivity contribution >= 4 is 39.3 Å². The van der Waals surface area contributed by atoms with Gasteiger partial charge in [-0.1, -0.05) is 60.1 Å². The van der Waals surface area contributed by atoms with Gasteiger partial charge < -0.3 is 4.90 Å². The molecule has 0 aromatic heterocycles. The van der Waals surface area contributed by atoms with Crippen LogP contribution in [0.1, 0.15) is 22.3 Å². The summed E-state index contributed by atoms with van der Waals surface area (Å²) in [6, 6.07) is 21.8. The highest BCUT2D eigenvalue weighted by Crippen LogP contribution is 2.32. The van der Waals surface area contributed by atoms with Gasteiger partial charge in [-0.05, 0) is 72.0 Å². The van der Waals surface area contributed by atoms with Crippen LogP contribution in [0.2, 0.25) is 5.02 Å². The predicted octanol–water partition coefficient (Wildman–Crippen LogP) is 4.81. The average molecular weight is 479 g/mol. The molecule has 1 aliphatic rings. The molecule has 0 spiro atoms. The highest BCUT2D eigenvalue weighted by atomic mass is 35.5. The van der Waals surface area contributed by atoms with Crippen LogP contribution >= 0.6 is 11.6 Å². The van der Waals surface area contributed by atoms with E-state index in [1.54, 1.807) is 17.0 Å². The molecule has 0 aliphatic carbocycles. The third-order valence-electron chi connectivity index (χ3n) is 5.53. The number of primary sulfonamides is 1. The van der Waals surface area contributed by atoms with E-state index in [1.807, 2.05) is 67.6 Å². The largest absolute Gasteiger partial charge is 0.307 e. The Morgan fingerprint density at radius 3 is 2.33 bits per heavy atom. The summed E-state index contributed by atoms with van der Waals surface area (Å²) in [6.45, 7) is 2.37. The Balaban J connectivity index is 1.64. The van der Waals surface area contributed by atoms with E-state index in [2.05, 4.69) is 0 Å². The molecule has 0 saturated heterocycles. The van der Waals surface area contributed by atoms with E-state index in [9.17, 15) is 13.2 Å². The van der Waals surface area contributed by atoms with Crippen LogP contribution in [0.4, 0.5) is 0 Å². The number of hydrogen-bond donors (Lipinski definition) is 1. The van der Waals surface area contributed by atoms with Crippen LogP contribution in [-0.2, 0) is 21.2 Å². The summed E-state index contributed by atoms with van der Waals surface area (Å²) >= 11 is 6.21. The predicted molar refractivity (Wildman–Crippen MR) is 132 cm³/mol. The van der Waals surface area contributed by atoms with Crippen molar-refractivity contribution in [3.05, 3.63) is 112 Å². The second-order valence-electron chi connectivity index (χ2n) is 7.90. The SMILES string of the molecule is Cc1cc(C2=C/C(=C\c3ccccc3)C(=O)N2CCc2ccc(S(N)(=O)=O)cc2)ccc1Cl. The first-order valence-electron chi connectivity index (χ1n) is 10.4. The van der Waals surface area contributed by atoms with Crippen LogP contribution in [0.15, 0.2) is 89.3 Å². The summed E-state index contributed by atoms with van der Waals surface area (Å²) in [5, 5.41) is 5.85. The van der Waals surface area contributed by atoms with Gasteiger partial charge in [0, 0.05) is 17.1 Å². The molecule has 0 bridgehead atoms. The molecule has 3 aromatic rings. The van der Waals surface area contributed by atoms with Crippen molar-refractivity contribution in [1.29, 1.82) is 0 Å². The first-order valence-corrected chi connectivity index (χ1v) is 12.3. The minimum atomic E-state index is -3.74. The zero-order valence-corrected chi connectivity index (χ0v) is 19.6. The van der Waals surface area contributed by atoms with E-state index in [0.29, 0.717) is 23.6 Å². The minimum Gasteiger partial charge on any atom is -0.307 e. The molecule has 0 fully saturated rings. The molecule has 1 aliphatic heterocycles. The molecular formula is C26H23ClN2O3S. The molecule has 33 heavy (non-hydrogen) atoms. The Bertz CT molecular complexity index is 1360. The topological polar surface area (TPSA) is 80.5 Å². The highest BCUT2D eigenvalue weighted by molar-refractivity contribution is 7.89. The number of sulfonamides is 1. The number of nitrogens with zero attached hydrogens (tertiary/aromatic N) is 1. The van der Waals surface area contributed by atoms with Crippen molar-refractivity contribution < 1.29 is 13.2 Å². The molecule has 168 valence electrons. The zero-order valence-electron chi connectivity index (χ0n) is 18.0. The number of nitrogens with two attached hydrogens (primary N) is 1. The normalized spacial score (nSPS) is 15.2. The van der Waals surface area contributed by atoms with Crippen LogP contribution in [0, 0.1) is 6.92 Å². The fourth-order valence-electron chi connectivity index (χ4n) is 3.74. The molecule has 7 heteroatoms. The summed E-state index contributed by atoms with van der Waals surface area (Å²) < 4.78 is 23.0. The van der Waals surface area contributed by atoms with E-state index in [4.69, 9.17) is 16.7 Å². The van der Waals surface area contributed by atoms with Gasteiger partial charge in [0.1, 0.15) is 0 Å². The number of carbonyl (C=O) groups is 1. The van der Waals surface area contributed by atoms with Gasteiger partial charge in [0.05, 0.1) is 10.6 Å². The first kappa shape index (κ1) is 23.0. The van der Waals surface area contributed by atoms with Crippen LogP contribution in [-0.4, -0.2) is 25.8 Å². The number of benzene rings is 3. The van der Waals surface area contributed by atoms with Crippen molar-refractivity contribution in [2.75, 3.05) is 6.54 Å². The van der Waals surface area contributed by atoms with E-state index < -0.39 is 10.0 Å². The molecule has 0 saturated carbocycles. The van der Waals surface area contributed by atoms with Crippen LogP contribution in [0.25, 0.3) is 11.8 Å². The Morgan fingerprint density at radius 1 is 1.00 bits per heavy atom. The second kappa shape index (κ2) is 9.35. The molecule has 5 nitrogen and oxygen atoms in total. The van der Waals surface area contributed by atoms with Crippen LogP contribution in [0.5, 0.6) is 0 Å². The van der Waals surface area contributed by atoms with E-state index in [0.717, 1.165) is 28.0 Å². The van der Waals surface area contributed by atoms with E-state index in [-0.39, 0.29) is 10.8 Å². The lowest BCUT2D eigenvalue weighted by molar-refractivity contribution is -0.122. The second-order valence-corrected chi connectivity index (χ2v) is 9.87. The molecule has 2 N–H and O–H groups in total. The minimum absolute atomic E-state index is 0.0637. The smallest absolute Gasteiger partial charge is 0.258 e. The Kier molecular flexibility index (Phi) is 6.51. The van der Waals surface area contributed by atoms with Gasteiger partial charge in [0.2, 0.25) is 10.0 Å². The summed E-state index contributed by atoms with van der Waals surface area (Å²) in [6.07, 6.45) is 4.34. The number of rotatable bonds is 6. The Labute approximate surface area is 198 Å². The molecule has 0 atom stereocenters. The standard InChI is InChI=1S/C26H23ClN2O3S/c1-18-15-21(9-12-24(18)27)25-17-22(16-20-5-3-2-4-6-20)26(30)29(25)14-13-19-7-10-23(11-8-19)33(28,31)32/h2-12,15-17H,13-14H2,1H3,(H2,28,31,32)/b22-16+. The zero-order chi connectivity index (χ0) is 23.6. The van der Waals surface area contributed by atoms with Gasteiger partial charge in [0.15, 0.2) is 0 Å². The monoisotopic (exact) mass is 478 g/mol. The molecule has 0 radical (unpaired) electrons. The van der Waals surface area contributed by atoms with Gasteiger partial charge in [-0.15, -0.1) is 0 Å². The van der Waals surface area contributed by atoms with E-state index in [1.165, 1.54) is 12.1 Å². The number of hydrogen-bond acceptors (Lipinski definition) is 3. The average Bonchev–Trinajstić information content (AvgIpc) is 3.10. The van der Waals surface area contributed by atoms with Gasteiger partial charge in [-0.3, -0.25) is 4.79 Å². The van der Waals surface area contributed by atoms with Gasteiger partial charge in [-0.25, -0.2) is 13.6 Å². The molecule has 1 heterocycles. The van der Waals surface area contributed by atoms with Crippen molar-refractivity contribution in [1.82, 2.24) is 4.90 Å². The maximum atomic E-state index is 13.3. The fraction of sp³-hybridized carbons (Fsp3) is 0.115. The Hall–Kier alpha value is -3.19. The maximum Gasteiger partial charge on any atom is 0.258 e. The van der Waals surface area contributed by atoms with Crippen molar-refractivity contribution in [2.45, 2.75) is 18.2 Å². The van der Waals surface area contributed by atoms with E-state index >= 15 is 0 Å². The summed E-state index contributed by atoms with van der Waals surface area (Å²) in [5.41, 5.74) is 5.11.